The lowest BCUT2D eigenvalue weighted by molar-refractivity contribution is 0.162. The summed E-state index contributed by atoms with van der Waals surface area (Å²) < 4.78 is 0. The summed E-state index contributed by atoms with van der Waals surface area (Å²) in [6.07, 6.45) is 3.98. The van der Waals surface area contributed by atoms with Crippen LogP contribution in [0.25, 0.3) is 0 Å². The lowest BCUT2D eigenvalue weighted by Crippen LogP contribution is -2.40. The minimum atomic E-state index is -1.18. The molecule has 2 unspecified atom stereocenters. The van der Waals surface area contributed by atoms with E-state index in [1.54, 1.807) is 5.19 Å². The second-order valence-corrected chi connectivity index (χ2v) is 12.6. The third-order valence-electron chi connectivity index (χ3n) is 5.00. The van der Waals surface area contributed by atoms with Crippen molar-refractivity contribution in [2.24, 2.45) is 11.7 Å². The van der Waals surface area contributed by atoms with Gasteiger partial charge in [-0.15, -0.1) is 0 Å². The van der Waals surface area contributed by atoms with Gasteiger partial charge in [0, 0.05) is 12.6 Å². The van der Waals surface area contributed by atoms with Crippen molar-refractivity contribution in [2.75, 3.05) is 13.1 Å². The van der Waals surface area contributed by atoms with E-state index in [2.05, 4.69) is 55.7 Å². The Morgan fingerprint density at radius 2 is 1.81 bits per heavy atom. The molecule has 1 fully saturated rings. The van der Waals surface area contributed by atoms with Crippen LogP contribution < -0.4 is 10.9 Å². The summed E-state index contributed by atoms with van der Waals surface area (Å²) in [5.74, 6) is 0.700. The van der Waals surface area contributed by atoms with E-state index in [4.69, 9.17) is 5.73 Å². The van der Waals surface area contributed by atoms with Crippen LogP contribution in [0.5, 0.6) is 0 Å². The van der Waals surface area contributed by atoms with Crippen molar-refractivity contribution in [1.29, 1.82) is 0 Å². The molecule has 0 aliphatic heterocycles. The van der Waals surface area contributed by atoms with Crippen molar-refractivity contribution in [3.63, 3.8) is 0 Å². The summed E-state index contributed by atoms with van der Waals surface area (Å²) in [5.41, 5.74) is 7.40. The maximum atomic E-state index is 5.96. The summed E-state index contributed by atoms with van der Waals surface area (Å²) in [6.45, 7) is 12.5. The molecule has 118 valence electrons. The fourth-order valence-electron chi connectivity index (χ4n) is 3.58. The SMILES string of the molecule is CCN(Cc1ccc([Si](C)(C)C)cc1)C1CCCC1CN. The molecule has 2 N–H and O–H groups in total. The van der Waals surface area contributed by atoms with Crippen molar-refractivity contribution in [2.45, 2.75) is 58.4 Å². The van der Waals surface area contributed by atoms with E-state index >= 15 is 0 Å². The molecule has 21 heavy (non-hydrogen) atoms. The van der Waals surface area contributed by atoms with Crippen LogP contribution in [0.2, 0.25) is 19.6 Å². The summed E-state index contributed by atoms with van der Waals surface area (Å²) in [4.78, 5) is 2.63. The van der Waals surface area contributed by atoms with Gasteiger partial charge in [-0.1, -0.05) is 62.4 Å². The molecule has 3 heteroatoms. The zero-order valence-corrected chi connectivity index (χ0v) is 15.2. The minimum absolute atomic E-state index is 0.691. The Morgan fingerprint density at radius 3 is 2.33 bits per heavy atom. The molecule has 0 spiro atoms. The smallest absolute Gasteiger partial charge is 0.0775 e. The molecule has 1 aliphatic carbocycles. The van der Waals surface area contributed by atoms with Gasteiger partial charge < -0.3 is 5.73 Å². The average Bonchev–Trinajstić information content (AvgIpc) is 2.92. The fraction of sp³-hybridized carbons (Fsp3) is 0.667. The van der Waals surface area contributed by atoms with Gasteiger partial charge in [0.05, 0.1) is 8.07 Å². The van der Waals surface area contributed by atoms with E-state index in [0.717, 1.165) is 19.6 Å². The quantitative estimate of drug-likeness (QED) is 0.818. The molecule has 2 rings (SSSR count). The second-order valence-electron chi connectivity index (χ2n) is 7.50. The first kappa shape index (κ1) is 16.7. The zero-order valence-electron chi connectivity index (χ0n) is 14.2. The van der Waals surface area contributed by atoms with E-state index in [-0.39, 0.29) is 0 Å². The summed E-state index contributed by atoms with van der Waals surface area (Å²) in [7, 11) is -1.18. The van der Waals surface area contributed by atoms with Gasteiger partial charge in [0.1, 0.15) is 0 Å². The molecule has 0 aromatic heterocycles. The zero-order chi connectivity index (χ0) is 15.5. The molecule has 0 heterocycles. The van der Waals surface area contributed by atoms with Gasteiger partial charge in [0.25, 0.3) is 0 Å². The van der Waals surface area contributed by atoms with E-state index < -0.39 is 8.07 Å². The van der Waals surface area contributed by atoms with Crippen molar-refractivity contribution in [3.8, 4) is 0 Å². The first-order valence-corrected chi connectivity index (χ1v) is 12.0. The molecule has 0 saturated heterocycles. The van der Waals surface area contributed by atoms with Crippen molar-refractivity contribution in [3.05, 3.63) is 29.8 Å². The summed E-state index contributed by atoms with van der Waals surface area (Å²) >= 11 is 0. The normalized spacial score (nSPS) is 23.0. The van der Waals surface area contributed by atoms with Crippen LogP contribution in [-0.4, -0.2) is 32.1 Å². The molecule has 2 nitrogen and oxygen atoms in total. The highest BCUT2D eigenvalue weighted by Gasteiger charge is 2.30. The van der Waals surface area contributed by atoms with E-state index in [1.165, 1.54) is 24.8 Å². The topological polar surface area (TPSA) is 29.3 Å². The predicted molar refractivity (Wildman–Crippen MR) is 95.7 cm³/mol. The first-order chi connectivity index (χ1) is 9.95. The van der Waals surface area contributed by atoms with Crippen molar-refractivity contribution in [1.82, 2.24) is 4.90 Å². The predicted octanol–water partition coefficient (Wildman–Crippen LogP) is 3.18. The van der Waals surface area contributed by atoms with Gasteiger partial charge in [0.2, 0.25) is 0 Å². The molecule has 0 bridgehead atoms. The van der Waals surface area contributed by atoms with Gasteiger partial charge in [-0.3, -0.25) is 4.90 Å². The highest BCUT2D eigenvalue weighted by Crippen LogP contribution is 2.30. The van der Waals surface area contributed by atoms with E-state index in [9.17, 15) is 0 Å². The number of hydrogen-bond donors (Lipinski definition) is 1. The molecule has 1 saturated carbocycles. The van der Waals surface area contributed by atoms with E-state index in [1.807, 2.05) is 0 Å². The number of benzene rings is 1. The molecular weight excluding hydrogens is 272 g/mol. The number of nitrogens with two attached hydrogens (primary N) is 1. The van der Waals surface area contributed by atoms with Crippen LogP contribution in [0.3, 0.4) is 0 Å². The lowest BCUT2D eigenvalue weighted by atomic mass is 10.0. The second kappa shape index (κ2) is 7.08. The Morgan fingerprint density at radius 1 is 1.14 bits per heavy atom. The van der Waals surface area contributed by atoms with Crippen LogP contribution in [0.15, 0.2) is 24.3 Å². The summed E-state index contributed by atoms with van der Waals surface area (Å²) in [5, 5.41) is 1.55. The third kappa shape index (κ3) is 4.18. The average molecular weight is 305 g/mol. The van der Waals surface area contributed by atoms with Crippen molar-refractivity contribution < 1.29 is 0 Å². The van der Waals surface area contributed by atoms with Gasteiger partial charge in [-0.25, -0.2) is 0 Å². The summed E-state index contributed by atoms with van der Waals surface area (Å²) in [6, 6.07) is 10.1. The number of hydrogen-bond acceptors (Lipinski definition) is 2. The third-order valence-corrected chi connectivity index (χ3v) is 7.07. The molecule has 0 radical (unpaired) electrons. The molecule has 1 aromatic carbocycles. The Balaban J connectivity index is 2.05. The van der Waals surface area contributed by atoms with Crippen LogP contribution in [0, 0.1) is 5.92 Å². The first-order valence-electron chi connectivity index (χ1n) is 8.49. The highest BCUT2D eigenvalue weighted by atomic mass is 28.3. The largest absolute Gasteiger partial charge is 0.330 e. The lowest BCUT2D eigenvalue weighted by Gasteiger charge is -2.32. The molecular formula is C18H32N2Si. The van der Waals surface area contributed by atoms with Crippen LogP contribution in [0.4, 0.5) is 0 Å². The van der Waals surface area contributed by atoms with Gasteiger partial charge in [-0.05, 0) is 37.4 Å². The fourth-order valence-corrected chi connectivity index (χ4v) is 4.75. The van der Waals surface area contributed by atoms with Crippen LogP contribution in [0.1, 0.15) is 31.7 Å². The Kier molecular flexibility index (Phi) is 5.64. The minimum Gasteiger partial charge on any atom is -0.330 e. The highest BCUT2D eigenvalue weighted by molar-refractivity contribution is 6.88. The van der Waals surface area contributed by atoms with Gasteiger partial charge >= 0.3 is 0 Å². The van der Waals surface area contributed by atoms with Crippen molar-refractivity contribution >= 4 is 13.3 Å². The maximum absolute atomic E-state index is 5.96. The van der Waals surface area contributed by atoms with Gasteiger partial charge in [0.15, 0.2) is 0 Å². The van der Waals surface area contributed by atoms with Crippen LogP contribution in [-0.2, 0) is 6.54 Å². The standard InChI is InChI=1S/C18H32N2Si/c1-5-20(18-8-6-7-16(18)13-19)14-15-9-11-17(12-10-15)21(2,3)4/h9-12,16,18H,5-8,13-14,19H2,1-4H3. The van der Waals surface area contributed by atoms with Gasteiger partial charge in [-0.2, -0.15) is 0 Å². The number of rotatable bonds is 6. The molecule has 2 atom stereocenters. The Bertz CT molecular complexity index is 436. The molecule has 0 amide bonds. The maximum Gasteiger partial charge on any atom is 0.0775 e. The number of nitrogens with zero attached hydrogens (tertiary/aromatic N) is 1. The molecule has 1 aliphatic rings. The Labute approximate surface area is 131 Å². The van der Waals surface area contributed by atoms with E-state index in [0.29, 0.717) is 12.0 Å². The Hall–Kier alpha value is -0.643. The molecule has 1 aromatic rings. The monoisotopic (exact) mass is 304 g/mol. The van der Waals surface area contributed by atoms with Crippen LogP contribution >= 0.6 is 0 Å².